The van der Waals surface area contributed by atoms with Gasteiger partial charge in [-0.2, -0.15) is 0 Å². The largest absolute Gasteiger partial charge is 2.00 e. The average molecular weight is 527 g/mol. The van der Waals surface area contributed by atoms with E-state index in [0.29, 0.717) is 58.1 Å². The number of rotatable bonds is 22. The van der Waals surface area contributed by atoms with Crippen molar-refractivity contribution in [2.45, 2.75) is 65.2 Å². The molecule has 200 valence electrons. The van der Waals surface area contributed by atoms with Crippen LogP contribution in [0.25, 0.3) is 0 Å². The van der Waals surface area contributed by atoms with Crippen LogP contribution < -0.4 is 31.5 Å². The van der Waals surface area contributed by atoms with E-state index in [1.807, 2.05) is 6.08 Å². The first-order chi connectivity index (χ1) is 16.3. The van der Waals surface area contributed by atoms with Crippen molar-refractivity contribution in [3.8, 4) is 0 Å². The molecule has 0 rings (SSSR count). The van der Waals surface area contributed by atoms with Gasteiger partial charge in [-0.3, -0.25) is 4.79 Å². The molecule has 0 radical (unpaired) electrons. The number of hydrogen-bond acceptors (Lipinski definition) is 9. The third-order valence-electron chi connectivity index (χ3n) is 4.45. The Bertz CT molecular complexity index is 514. The Labute approximate surface area is 241 Å². The van der Waals surface area contributed by atoms with Crippen molar-refractivity contribution in [3.05, 3.63) is 23.7 Å². The summed E-state index contributed by atoms with van der Waals surface area (Å²) in [5.74, 6) is -1.34. The molecule has 0 spiro atoms. The molecule has 0 unspecified atom stereocenters. The Morgan fingerprint density at radius 2 is 1.20 bits per heavy atom. The number of aliphatic hydroxyl groups excluding tert-OH is 1. The maximum absolute atomic E-state index is 11.3. The van der Waals surface area contributed by atoms with Crippen LogP contribution >= 0.6 is 0 Å². The normalized spacial score (nSPS) is 11.4. The van der Waals surface area contributed by atoms with E-state index in [1.165, 1.54) is 0 Å². The number of carboxylic acid groups (broad SMARTS) is 2. The summed E-state index contributed by atoms with van der Waals surface area (Å²) < 4.78 is 0. The zero-order valence-corrected chi connectivity index (χ0v) is 23.9. The molecule has 0 fully saturated rings. The minimum Gasteiger partial charge on any atom is -0.875 e. The monoisotopic (exact) mass is 526 g/mol. The van der Waals surface area contributed by atoms with Gasteiger partial charge >= 0.3 is 43.7 Å². The Balaban J connectivity index is -0.000000569. The summed E-state index contributed by atoms with van der Waals surface area (Å²) in [6.07, 6.45) is 9.86. The molecule has 0 aromatic heterocycles. The molecule has 0 heterocycles. The number of nitrogens with one attached hydrogen (secondary N) is 4. The Hall–Kier alpha value is -0.880. The first-order valence-electron chi connectivity index (χ1n) is 12.3. The number of carboxylic acids is 2. The van der Waals surface area contributed by atoms with Crippen molar-refractivity contribution in [2.24, 2.45) is 0 Å². The van der Waals surface area contributed by atoms with Gasteiger partial charge in [-0.25, -0.2) is 0 Å². The van der Waals surface area contributed by atoms with Crippen LogP contribution in [0.4, 0.5) is 0 Å². The topological polar surface area (TPSA) is 169 Å². The van der Waals surface area contributed by atoms with E-state index in [9.17, 15) is 24.9 Å². The summed E-state index contributed by atoms with van der Waals surface area (Å²) in [6.45, 7) is 8.64. The molecule has 0 saturated heterocycles. The first kappa shape index (κ1) is 38.6. The molecule has 10 nitrogen and oxygen atoms in total. The van der Waals surface area contributed by atoms with Crippen LogP contribution in [-0.2, 0) is 9.59 Å². The Morgan fingerprint density at radius 3 is 1.71 bits per heavy atom. The summed E-state index contributed by atoms with van der Waals surface area (Å²) in [6, 6.07) is 0. The summed E-state index contributed by atoms with van der Waals surface area (Å²) in [4.78, 5) is 20.3. The van der Waals surface area contributed by atoms with Crippen LogP contribution in [0.5, 0.6) is 0 Å². The molecule has 6 N–H and O–H groups in total. The Kier molecular flexibility index (Phi) is 34.4. The molecule has 35 heavy (non-hydrogen) atoms. The maximum atomic E-state index is 11.3. The van der Waals surface area contributed by atoms with E-state index in [2.05, 4.69) is 35.1 Å². The van der Waals surface area contributed by atoms with Crippen LogP contribution in [0.2, 0.25) is 0 Å². The second-order valence-corrected chi connectivity index (χ2v) is 7.77. The predicted octanol–water partition coefficient (Wildman–Crippen LogP) is -0.368. The second kappa shape index (κ2) is 31.1. The van der Waals surface area contributed by atoms with E-state index in [0.717, 1.165) is 38.5 Å². The fourth-order valence-electron chi connectivity index (χ4n) is 2.50. The number of aliphatic hydroxyl groups is 1. The maximum Gasteiger partial charge on any atom is 2.00 e. The van der Waals surface area contributed by atoms with Gasteiger partial charge in [0.15, 0.2) is 0 Å². The van der Waals surface area contributed by atoms with E-state index in [-0.39, 0.29) is 56.3 Å². The molecule has 0 aliphatic rings. The van der Waals surface area contributed by atoms with Crippen LogP contribution in [0.3, 0.4) is 0 Å². The van der Waals surface area contributed by atoms with Crippen molar-refractivity contribution in [2.75, 3.05) is 52.4 Å². The van der Waals surface area contributed by atoms with Crippen molar-refractivity contribution >= 4 is 49.7 Å². The first-order valence-corrected chi connectivity index (χ1v) is 12.3. The van der Waals surface area contributed by atoms with Gasteiger partial charge in [0.1, 0.15) is 5.76 Å². The molecule has 11 heteroatoms. The molecule has 0 atom stereocenters. The standard InChI is InChI=1S/2C12H24N2O3.Ca/c2*1-2-3-4-5-11(15)10-14-9-8-13-7-6-12(16)17;/h2*5,13-15H,2-4,6-10H2,1H3,(H,16,17);/q;;+2/p-2/b2*11-5-;. The van der Waals surface area contributed by atoms with Gasteiger partial charge in [0.05, 0.1) is 13.0 Å². The molecular formula is C24H46CaN4O6. The van der Waals surface area contributed by atoms with Crippen LogP contribution in [0.1, 0.15) is 65.2 Å². The van der Waals surface area contributed by atoms with Crippen molar-refractivity contribution < 1.29 is 30.0 Å². The van der Waals surface area contributed by atoms with Crippen molar-refractivity contribution in [1.29, 1.82) is 0 Å². The predicted molar refractivity (Wildman–Crippen MR) is 137 cm³/mol. The van der Waals surface area contributed by atoms with Gasteiger partial charge in [-0.05, 0) is 31.8 Å². The van der Waals surface area contributed by atoms with Crippen LogP contribution in [-0.4, -0.2) is 112 Å². The Morgan fingerprint density at radius 1 is 0.714 bits per heavy atom. The molecule has 0 amide bonds. The van der Waals surface area contributed by atoms with Gasteiger partial charge in [0.2, 0.25) is 0 Å². The van der Waals surface area contributed by atoms with Gasteiger partial charge in [0, 0.05) is 51.8 Å². The SMILES string of the molecule is CCCC/C=C(\O)CNCCNCCC(=O)O.CCCC/C=C(\[O-])CNCCNCCC(=O)[O-].[Ca+2]. The van der Waals surface area contributed by atoms with E-state index in [4.69, 9.17) is 5.11 Å². The molecular weight excluding hydrogens is 480 g/mol. The quantitative estimate of drug-likeness (QED) is 0.0622. The molecule has 0 aliphatic carbocycles. The smallest absolute Gasteiger partial charge is 0.875 e. The molecule has 0 bridgehead atoms. The third kappa shape index (κ3) is 37.8. The third-order valence-corrected chi connectivity index (χ3v) is 4.45. The summed E-state index contributed by atoms with van der Waals surface area (Å²) in [5.41, 5.74) is 0. The second-order valence-electron chi connectivity index (χ2n) is 7.77. The van der Waals surface area contributed by atoms with E-state index in [1.54, 1.807) is 6.08 Å². The van der Waals surface area contributed by atoms with Crippen molar-refractivity contribution in [1.82, 2.24) is 21.3 Å². The average Bonchev–Trinajstić information content (AvgIpc) is 2.78. The number of allylic oxidation sites excluding steroid dienone is 2. The van der Waals surface area contributed by atoms with E-state index >= 15 is 0 Å². The van der Waals surface area contributed by atoms with Gasteiger partial charge in [0.25, 0.3) is 0 Å². The van der Waals surface area contributed by atoms with Crippen LogP contribution in [0.15, 0.2) is 23.7 Å². The van der Waals surface area contributed by atoms with E-state index < -0.39 is 11.9 Å². The summed E-state index contributed by atoms with van der Waals surface area (Å²) in [7, 11) is 0. The van der Waals surface area contributed by atoms with Crippen molar-refractivity contribution in [3.63, 3.8) is 0 Å². The molecule has 0 aromatic rings. The van der Waals surface area contributed by atoms with Gasteiger partial charge in [-0.1, -0.05) is 39.2 Å². The number of hydrogen-bond donors (Lipinski definition) is 6. The number of unbranched alkanes of at least 4 members (excludes halogenated alkanes) is 4. The molecule has 0 saturated carbocycles. The molecule has 0 aliphatic heterocycles. The zero-order valence-electron chi connectivity index (χ0n) is 21.7. The number of carbonyl (C=O) groups excluding carboxylic acids is 1. The minimum atomic E-state index is -1.05. The zero-order chi connectivity index (χ0) is 25.9. The number of aliphatic carboxylic acids is 2. The van der Waals surface area contributed by atoms with Gasteiger partial charge < -0.3 is 46.5 Å². The minimum absolute atomic E-state index is 0. The van der Waals surface area contributed by atoms with Gasteiger partial charge in [-0.15, -0.1) is 5.76 Å². The summed E-state index contributed by atoms with van der Waals surface area (Å²) >= 11 is 0. The summed E-state index contributed by atoms with van der Waals surface area (Å²) in [5, 5.41) is 51.2. The fraction of sp³-hybridized carbons (Fsp3) is 0.750. The van der Waals surface area contributed by atoms with Crippen LogP contribution in [0, 0.1) is 0 Å². The fourth-order valence-corrected chi connectivity index (χ4v) is 2.50. The molecule has 0 aromatic carbocycles. The number of carbonyl (C=O) groups is 2.